The molecule has 4 heterocycles. The summed E-state index contributed by atoms with van der Waals surface area (Å²) in [7, 11) is 0. The number of primary amides is 2. The topological polar surface area (TPSA) is 252 Å². The van der Waals surface area contributed by atoms with E-state index in [1.165, 1.54) is 0 Å². The third-order valence-electron chi connectivity index (χ3n) is 14.2. The maximum Gasteiger partial charge on any atom is 0.232 e. The summed E-state index contributed by atoms with van der Waals surface area (Å²) in [6.07, 6.45) is 12.7. The molecule has 8 rings (SSSR count). The number of rotatable bonds is 25. The van der Waals surface area contributed by atoms with E-state index in [0.717, 1.165) is 150 Å². The number of unbranched alkanes of at least 4 members (excludes halogenated alkanes) is 8. The van der Waals surface area contributed by atoms with Crippen molar-refractivity contribution in [3.8, 4) is 0 Å². The molecule has 0 saturated heterocycles. The average Bonchev–Trinajstić information content (AvgIpc) is 3.92. The summed E-state index contributed by atoms with van der Waals surface area (Å²) in [6, 6.07) is 28.9. The van der Waals surface area contributed by atoms with Gasteiger partial charge in [0.1, 0.15) is 22.7 Å². The first-order valence-corrected chi connectivity index (χ1v) is 25.3. The molecule has 0 atom stereocenters. The minimum absolute atomic E-state index is 0.261. The average molecular weight is 943 g/mol. The van der Waals surface area contributed by atoms with Gasteiger partial charge in [-0.15, -0.1) is 0 Å². The van der Waals surface area contributed by atoms with Crippen LogP contribution in [0.15, 0.2) is 84.9 Å². The van der Waals surface area contributed by atoms with Crippen LogP contribution in [0, 0.1) is 0 Å². The van der Waals surface area contributed by atoms with E-state index < -0.39 is 11.3 Å². The minimum atomic E-state index is -1.27. The summed E-state index contributed by atoms with van der Waals surface area (Å²) in [5, 5.41) is 1.68. The molecule has 366 valence electrons. The molecule has 0 bridgehead atoms. The van der Waals surface area contributed by atoms with Crippen LogP contribution in [0.2, 0.25) is 0 Å². The van der Waals surface area contributed by atoms with Gasteiger partial charge in [-0.25, -0.2) is 19.9 Å². The third kappa shape index (κ3) is 10.3. The highest BCUT2D eigenvalue weighted by atomic mass is 16.1. The Morgan fingerprint density at radius 1 is 0.529 bits per heavy atom. The summed E-state index contributed by atoms with van der Waals surface area (Å²) in [5.41, 5.74) is 46.7. The van der Waals surface area contributed by atoms with Gasteiger partial charge in [0.05, 0.1) is 27.5 Å². The molecule has 2 amide bonds. The molecule has 8 aromatic rings. The van der Waals surface area contributed by atoms with Crippen molar-refractivity contribution in [1.82, 2.24) is 29.1 Å². The number of fused-ring (bicyclic) bond motifs is 6. The fourth-order valence-electron chi connectivity index (χ4n) is 10.2. The van der Waals surface area contributed by atoms with Crippen LogP contribution in [0.1, 0.15) is 142 Å². The van der Waals surface area contributed by atoms with Crippen LogP contribution in [0.5, 0.6) is 0 Å². The number of nitrogen functional groups attached to an aromatic ring is 2. The Morgan fingerprint density at radius 3 is 1.34 bits per heavy atom. The molecule has 0 spiro atoms. The molecule has 0 radical (unpaired) electrons. The standard InChI is InChI=1S/C56H70N12O2/c1-3-5-15-47-65-49-51(67(47)34-38-21-17-36(32-57)18-22-38)42-30-40(25-27-44(42)63-53(49)60)56(55(62)70,29-13-11-9-7-8-10-12-14-46(59)69)41-26-28-45-43(31-41)52-50(54(61)64-45)66-48(16-6-4-2)68(52)35-39-23-19-37(33-58)20-24-39/h17-28,30-31H,3-16,29,32-35,57-58H2,1-2H3,(H2,59,69)(H2,60,63)(H2,61,64)(H2,62,70). The van der Waals surface area contributed by atoms with Crippen molar-refractivity contribution in [1.29, 1.82) is 0 Å². The first-order valence-electron chi connectivity index (χ1n) is 25.3. The molecule has 0 aliphatic heterocycles. The second-order valence-electron chi connectivity index (χ2n) is 19.0. The number of nitrogens with two attached hydrogens (primary N) is 6. The molecule has 0 unspecified atom stereocenters. The second-order valence-corrected chi connectivity index (χ2v) is 19.0. The van der Waals surface area contributed by atoms with Gasteiger partial charge in [0.25, 0.3) is 0 Å². The maximum atomic E-state index is 14.8. The largest absolute Gasteiger partial charge is 0.382 e. The van der Waals surface area contributed by atoms with E-state index >= 15 is 0 Å². The lowest BCUT2D eigenvalue weighted by molar-refractivity contribution is -0.122. The summed E-state index contributed by atoms with van der Waals surface area (Å²) in [6.45, 7) is 6.41. The Bertz CT molecular complexity index is 2930. The Hall–Kier alpha value is -6.90. The van der Waals surface area contributed by atoms with Gasteiger partial charge in [-0.05, 0) is 83.3 Å². The molecule has 4 aromatic heterocycles. The van der Waals surface area contributed by atoms with Gasteiger partial charge in [-0.2, -0.15) is 0 Å². The van der Waals surface area contributed by atoms with E-state index in [2.05, 4.69) is 83.6 Å². The summed E-state index contributed by atoms with van der Waals surface area (Å²) in [5.74, 6) is 1.86. The van der Waals surface area contributed by atoms with Crippen molar-refractivity contribution < 1.29 is 9.59 Å². The number of carbonyl (C=O) groups excluding carboxylic acids is 2. The zero-order valence-electron chi connectivity index (χ0n) is 41.0. The van der Waals surface area contributed by atoms with E-state index in [1.54, 1.807) is 0 Å². The lowest BCUT2D eigenvalue weighted by Gasteiger charge is -2.33. The predicted molar refractivity (Wildman–Crippen MR) is 284 cm³/mol. The van der Waals surface area contributed by atoms with Crippen LogP contribution in [-0.2, 0) is 54.0 Å². The Balaban J connectivity index is 1.31. The number of hydrogen-bond acceptors (Lipinski definition) is 10. The fraction of sp³-hybridized carbons (Fsp3) is 0.393. The molecule has 12 N–H and O–H groups in total. The Kier molecular flexibility index (Phi) is 15.7. The van der Waals surface area contributed by atoms with Crippen molar-refractivity contribution >= 4 is 67.3 Å². The van der Waals surface area contributed by atoms with Crippen LogP contribution in [0.25, 0.3) is 43.9 Å². The number of anilines is 2. The normalized spacial score (nSPS) is 12.0. The molecule has 14 heteroatoms. The molecular formula is C56H70N12O2. The van der Waals surface area contributed by atoms with E-state index in [-0.39, 0.29) is 5.91 Å². The van der Waals surface area contributed by atoms with Crippen molar-refractivity contribution in [2.24, 2.45) is 22.9 Å². The number of hydrogen-bond donors (Lipinski definition) is 6. The molecule has 4 aromatic carbocycles. The number of benzene rings is 4. The first kappa shape index (κ1) is 49.5. The van der Waals surface area contributed by atoms with Crippen LogP contribution in [0.3, 0.4) is 0 Å². The minimum Gasteiger partial charge on any atom is -0.382 e. The van der Waals surface area contributed by atoms with Gasteiger partial charge >= 0.3 is 0 Å². The lowest BCUT2D eigenvalue weighted by Crippen LogP contribution is -2.42. The summed E-state index contributed by atoms with van der Waals surface area (Å²) >= 11 is 0. The summed E-state index contributed by atoms with van der Waals surface area (Å²) < 4.78 is 4.54. The molecule has 0 saturated carbocycles. The van der Waals surface area contributed by atoms with E-state index in [9.17, 15) is 9.59 Å². The predicted octanol–water partition coefficient (Wildman–Crippen LogP) is 9.11. The maximum absolute atomic E-state index is 14.8. The van der Waals surface area contributed by atoms with Gasteiger partial charge in [-0.1, -0.05) is 126 Å². The highest BCUT2D eigenvalue weighted by molar-refractivity contribution is 6.09. The Morgan fingerprint density at radius 2 is 0.943 bits per heavy atom. The third-order valence-corrected chi connectivity index (χ3v) is 14.2. The number of pyridine rings is 2. The molecule has 70 heavy (non-hydrogen) atoms. The van der Waals surface area contributed by atoms with Gasteiger partial charge in [0.15, 0.2) is 11.6 Å². The number of amides is 2. The van der Waals surface area contributed by atoms with Crippen LogP contribution < -0.4 is 34.4 Å². The van der Waals surface area contributed by atoms with Crippen molar-refractivity contribution in [2.45, 2.75) is 142 Å². The Labute approximate surface area is 410 Å². The van der Waals surface area contributed by atoms with E-state index in [1.807, 2.05) is 24.3 Å². The van der Waals surface area contributed by atoms with Gasteiger partial charge in [0, 0.05) is 56.2 Å². The quantitative estimate of drug-likeness (QED) is 0.0296. The smallest absolute Gasteiger partial charge is 0.232 e. The van der Waals surface area contributed by atoms with Gasteiger partial charge < -0.3 is 43.5 Å². The van der Waals surface area contributed by atoms with E-state index in [4.69, 9.17) is 54.3 Å². The SMILES string of the molecule is CCCCc1nc2c(N)nc3ccc(C(CCCCCCCCCC(N)=O)(C(N)=O)c4ccc5nc(N)c6nc(CCCC)n(Cc7ccc(CN)cc7)c6c5c4)cc3c2n1Cc1ccc(CN)cc1. The van der Waals surface area contributed by atoms with E-state index in [0.29, 0.717) is 72.7 Å². The molecule has 0 fully saturated rings. The lowest BCUT2D eigenvalue weighted by atomic mass is 9.69. The number of imidazole rings is 2. The summed E-state index contributed by atoms with van der Waals surface area (Å²) in [4.78, 5) is 46.3. The number of aromatic nitrogens is 6. The van der Waals surface area contributed by atoms with Gasteiger partial charge in [0.2, 0.25) is 11.8 Å². The molecule has 14 nitrogen and oxygen atoms in total. The highest BCUT2D eigenvalue weighted by Gasteiger charge is 2.41. The zero-order valence-corrected chi connectivity index (χ0v) is 41.0. The van der Waals surface area contributed by atoms with Crippen molar-refractivity contribution in [2.75, 3.05) is 11.5 Å². The fourth-order valence-corrected chi connectivity index (χ4v) is 10.2. The number of nitrogens with zero attached hydrogens (tertiary/aromatic N) is 6. The first-order chi connectivity index (χ1) is 34.0. The van der Waals surface area contributed by atoms with Crippen LogP contribution in [-0.4, -0.2) is 40.9 Å². The molecule has 0 aliphatic rings. The number of aryl methyl sites for hydroxylation is 2. The van der Waals surface area contributed by atoms with Crippen LogP contribution >= 0.6 is 0 Å². The highest BCUT2D eigenvalue weighted by Crippen LogP contribution is 2.43. The van der Waals surface area contributed by atoms with Crippen molar-refractivity contribution in [3.63, 3.8) is 0 Å². The van der Waals surface area contributed by atoms with Crippen molar-refractivity contribution in [3.05, 3.63) is 130 Å². The second kappa shape index (κ2) is 22.2. The zero-order chi connectivity index (χ0) is 49.4. The van der Waals surface area contributed by atoms with Crippen LogP contribution in [0.4, 0.5) is 11.6 Å². The monoisotopic (exact) mass is 943 g/mol. The molecular weight excluding hydrogens is 873 g/mol. The number of carbonyl (C=O) groups is 2. The van der Waals surface area contributed by atoms with Gasteiger partial charge in [-0.3, -0.25) is 9.59 Å². The molecule has 0 aliphatic carbocycles.